The monoisotopic (exact) mass is 155 g/mol. The molecule has 3 nitrogen and oxygen atoms in total. The molecule has 3 heteroatoms. The maximum Gasteiger partial charge on any atom is 0.188 e. The average molecular weight is 155 g/mol. The Morgan fingerprint density at radius 3 is 2.91 bits per heavy atom. The summed E-state index contributed by atoms with van der Waals surface area (Å²) in [5, 5.41) is 3.04. The Labute approximate surface area is 68.1 Å². The van der Waals surface area contributed by atoms with E-state index in [2.05, 4.69) is 10.3 Å². The molecule has 0 bridgehead atoms. The van der Waals surface area contributed by atoms with Gasteiger partial charge in [-0.3, -0.25) is 4.99 Å². The van der Waals surface area contributed by atoms with Gasteiger partial charge in [0.05, 0.1) is 0 Å². The zero-order chi connectivity index (χ0) is 8.10. The lowest BCUT2D eigenvalue weighted by molar-refractivity contribution is 0.651. The summed E-state index contributed by atoms with van der Waals surface area (Å²) in [6.45, 7) is 0.972. The highest BCUT2D eigenvalue weighted by Gasteiger charge is 2.19. The highest BCUT2D eigenvalue weighted by Crippen LogP contribution is 2.33. The molecule has 0 radical (unpaired) electrons. The van der Waals surface area contributed by atoms with Gasteiger partial charge in [0, 0.05) is 13.6 Å². The highest BCUT2D eigenvalue weighted by atomic mass is 15.1. The molecule has 0 aliphatic heterocycles. The molecule has 1 aliphatic rings. The molecular formula is C8H17N3. The van der Waals surface area contributed by atoms with E-state index in [9.17, 15) is 0 Å². The first-order chi connectivity index (χ1) is 5.33. The van der Waals surface area contributed by atoms with Crippen LogP contribution in [0.2, 0.25) is 0 Å². The van der Waals surface area contributed by atoms with Crippen molar-refractivity contribution in [3.63, 3.8) is 0 Å². The summed E-state index contributed by atoms with van der Waals surface area (Å²) in [6, 6.07) is 0. The van der Waals surface area contributed by atoms with Crippen LogP contribution in [-0.4, -0.2) is 19.6 Å². The van der Waals surface area contributed by atoms with E-state index >= 15 is 0 Å². The predicted octanol–water partition coefficient (Wildman–Crippen LogP) is 0.711. The summed E-state index contributed by atoms with van der Waals surface area (Å²) in [5.41, 5.74) is 5.44. The van der Waals surface area contributed by atoms with Gasteiger partial charge in [0.15, 0.2) is 5.96 Å². The number of nitrogens with zero attached hydrogens (tertiary/aromatic N) is 1. The van der Waals surface area contributed by atoms with Crippen LogP contribution in [-0.2, 0) is 0 Å². The highest BCUT2D eigenvalue weighted by molar-refractivity contribution is 5.77. The minimum atomic E-state index is 0.556. The SMILES string of the molecule is CN=C(N)NCCCC1CC1. The smallest absolute Gasteiger partial charge is 0.188 e. The lowest BCUT2D eigenvalue weighted by atomic mass is 10.2. The summed E-state index contributed by atoms with van der Waals surface area (Å²) in [7, 11) is 1.70. The van der Waals surface area contributed by atoms with Crippen molar-refractivity contribution >= 4 is 5.96 Å². The normalized spacial score (nSPS) is 18.5. The number of hydrogen-bond acceptors (Lipinski definition) is 1. The zero-order valence-corrected chi connectivity index (χ0v) is 7.14. The number of guanidine groups is 1. The van der Waals surface area contributed by atoms with E-state index in [-0.39, 0.29) is 0 Å². The largest absolute Gasteiger partial charge is 0.370 e. The lowest BCUT2D eigenvalue weighted by Gasteiger charge is -2.02. The number of nitrogens with one attached hydrogen (secondary N) is 1. The summed E-state index contributed by atoms with van der Waals surface area (Å²) in [6.07, 6.45) is 5.46. The third kappa shape index (κ3) is 3.86. The van der Waals surface area contributed by atoms with Gasteiger partial charge in [-0.15, -0.1) is 0 Å². The first kappa shape index (κ1) is 8.37. The van der Waals surface area contributed by atoms with Crippen LogP contribution < -0.4 is 11.1 Å². The molecule has 1 aliphatic carbocycles. The maximum absolute atomic E-state index is 5.44. The van der Waals surface area contributed by atoms with Crippen molar-refractivity contribution in [3.05, 3.63) is 0 Å². The van der Waals surface area contributed by atoms with Gasteiger partial charge in [0.2, 0.25) is 0 Å². The third-order valence-electron chi connectivity index (χ3n) is 2.03. The van der Waals surface area contributed by atoms with E-state index in [1.807, 2.05) is 0 Å². The van der Waals surface area contributed by atoms with E-state index in [0.717, 1.165) is 12.5 Å². The molecule has 0 spiro atoms. The Morgan fingerprint density at radius 1 is 1.64 bits per heavy atom. The molecule has 0 aromatic heterocycles. The minimum absolute atomic E-state index is 0.556. The second kappa shape index (κ2) is 4.21. The van der Waals surface area contributed by atoms with Crippen LogP contribution in [0.25, 0.3) is 0 Å². The van der Waals surface area contributed by atoms with Crippen LogP contribution in [0.5, 0.6) is 0 Å². The van der Waals surface area contributed by atoms with Crippen LogP contribution >= 0.6 is 0 Å². The summed E-state index contributed by atoms with van der Waals surface area (Å²) in [4.78, 5) is 3.80. The van der Waals surface area contributed by atoms with Crippen molar-refractivity contribution in [1.29, 1.82) is 0 Å². The third-order valence-corrected chi connectivity index (χ3v) is 2.03. The van der Waals surface area contributed by atoms with Crippen LogP contribution in [0.3, 0.4) is 0 Å². The Kier molecular flexibility index (Phi) is 3.20. The Hall–Kier alpha value is -0.730. The Balaban J connectivity index is 1.86. The fourth-order valence-electron chi connectivity index (χ4n) is 1.09. The number of aliphatic imine (C=N–C) groups is 1. The van der Waals surface area contributed by atoms with E-state index in [1.54, 1.807) is 7.05 Å². The van der Waals surface area contributed by atoms with E-state index in [0.29, 0.717) is 5.96 Å². The van der Waals surface area contributed by atoms with Crippen molar-refractivity contribution in [3.8, 4) is 0 Å². The quantitative estimate of drug-likeness (QED) is 0.357. The molecule has 0 aromatic carbocycles. The molecule has 0 amide bonds. The lowest BCUT2D eigenvalue weighted by Crippen LogP contribution is -2.32. The van der Waals surface area contributed by atoms with Gasteiger partial charge in [0.1, 0.15) is 0 Å². The fraction of sp³-hybridized carbons (Fsp3) is 0.875. The molecule has 0 atom stereocenters. The first-order valence-corrected chi connectivity index (χ1v) is 4.29. The average Bonchev–Trinajstić information content (AvgIpc) is 2.81. The van der Waals surface area contributed by atoms with E-state index in [1.165, 1.54) is 25.7 Å². The first-order valence-electron chi connectivity index (χ1n) is 4.29. The molecule has 1 fully saturated rings. The Bertz CT molecular complexity index is 138. The summed E-state index contributed by atoms with van der Waals surface area (Å²) >= 11 is 0. The van der Waals surface area contributed by atoms with Crippen LogP contribution in [0.4, 0.5) is 0 Å². The summed E-state index contributed by atoms with van der Waals surface area (Å²) in [5.74, 6) is 1.58. The molecule has 0 aromatic rings. The van der Waals surface area contributed by atoms with Gasteiger partial charge in [-0.05, 0) is 18.8 Å². The second-order valence-corrected chi connectivity index (χ2v) is 3.12. The summed E-state index contributed by atoms with van der Waals surface area (Å²) < 4.78 is 0. The minimum Gasteiger partial charge on any atom is -0.370 e. The van der Waals surface area contributed by atoms with Gasteiger partial charge in [-0.1, -0.05) is 12.8 Å². The van der Waals surface area contributed by atoms with Gasteiger partial charge in [-0.25, -0.2) is 0 Å². The van der Waals surface area contributed by atoms with Crippen molar-refractivity contribution in [1.82, 2.24) is 5.32 Å². The van der Waals surface area contributed by atoms with Gasteiger partial charge >= 0.3 is 0 Å². The molecule has 64 valence electrons. The predicted molar refractivity (Wildman–Crippen MR) is 47.5 cm³/mol. The van der Waals surface area contributed by atoms with E-state index < -0.39 is 0 Å². The molecule has 3 N–H and O–H groups in total. The van der Waals surface area contributed by atoms with Gasteiger partial charge in [0.25, 0.3) is 0 Å². The fourth-order valence-corrected chi connectivity index (χ4v) is 1.09. The zero-order valence-electron chi connectivity index (χ0n) is 7.14. The van der Waals surface area contributed by atoms with Crippen LogP contribution in [0.15, 0.2) is 4.99 Å². The molecule has 1 rings (SSSR count). The topological polar surface area (TPSA) is 50.4 Å². The molecular weight excluding hydrogens is 138 g/mol. The van der Waals surface area contributed by atoms with Gasteiger partial charge in [-0.2, -0.15) is 0 Å². The maximum atomic E-state index is 5.44. The van der Waals surface area contributed by atoms with Crippen molar-refractivity contribution in [2.24, 2.45) is 16.6 Å². The second-order valence-electron chi connectivity index (χ2n) is 3.12. The molecule has 0 unspecified atom stereocenters. The van der Waals surface area contributed by atoms with Gasteiger partial charge < -0.3 is 11.1 Å². The number of rotatable bonds is 4. The number of nitrogens with two attached hydrogens (primary N) is 1. The van der Waals surface area contributed by atoms with Crippen molar-refractivity contribution < 1.29 is 0 Å². The van der Waals surface area contributed by atoms with Crippen LogP contribution in [0.1, 0.15) is 25.7 Å². The van der Waals surface area contributed by atoms with Crippen LogP contribution in [0, 0.1) is 5.92 Å². The standard InChI is InChI=1S/C8H17N3/c1-10-8(9)11-6-2-3-7-4-5-7/h7H,2-6H2,1H3,(H3,9,10,11). The molecule has 0 saturated heterocycles. The Morgan fingerprint density at radius 2 is 2.36 bits per heavy atom. The van der Waals surface area contributed by atoms with Crippen molar-refractivity contribution in [2.45, 2.75) is 25.7 Å². The molecule has 0 heterocycles. The molecule has 1 saturated carbocycles. The number of hydrogen-bond donors (Lipinski definition) is 2. The van der Waals surface area contributed by atoms with Crippen molar-refractivity contribution in [2.75, 3.05) is 13.6 Å². The molecule has 11 heavy (non-hydrogen) atoms. The van der Waals surface area contributed by atoms with E-state index in [4.69, 9.17) is 5.73 Å².